The summed E-state index contributed by atoms with van der Waals surface area (Å²) >= 11 is 0. The normalized spacial score (nSPS) is 16.9. The number of sulfonamides is 1. The van der Waals surface area contributed by atoms with Gasteiger partial charge >= 0.3 is 0 Å². The first-order chi connectivity index (χ1) is 15.9. The van der Waals surface area contributed by atoms with Crippen LogP contribution in [0.3, 0.4) is 0 Å². The molecule has 1 unspecified atom stereocenters. The SMILES string of the molecule is COc1ccccc1NS(=O)(=O)c1ccc(C(=O)N2CCN(C)CC2c2ccccc2)cc1. The van der Waals surface area contributed by atoms with Gasteiger partial charge in [0.1, 0.15) is 5.75 Å². The fourth-order valence-corrected chi connectivity index (χ4v) is 5.07. The van der Waals surface area contributed by atoms with Crippen LogP contribution >= 0.6 is 0 Å². The van der Waals surface area contributed by atoms with Crippen LogP contribution in [0.15, 0.2) is 83.8 Å². The molecule has 4 rings (SSSR count). The van der Waals surface area contributed by atoms with Crippen molar-refractivity contribution < 1.29 is 17.9 Å². The highest BCUT2D eigenvalue weighted by molar-refractivity contribution is 7.92. The van der Waals surface area contributed by atoms with Gasteiger partial charge in [0.15, 0.2) is 0 Å². The fourth-order valence-electron chi connectivity index (χ4n) is 4.00. The van der Waals surface area contributed by atoms with Crippen LogP contribution in [-0.4, -0.2) is 57.9 Å². The van der Waals surface area contributed by atoms with Gasteiger partial charge in [-0.15, -0.1) is 0 Å². The van der Waals surface area contributed by atoms with Crippen LogP contribution in [0.4, 0.5) is 5.69 Å². The average molecular weight is 466 g/mol. The topological polar surface area (TPSA) is 78.9 Å². The van der Waals surface area contributed by atoms with Crippen molar-refractivity contribution in [2.45, 2.75) is 10.9 Å². The number of nitrogens with one attached hydrogen (secondary N) is 1. The quantitative estimate of drug-likeness (QED) is 0.602. The van der Waals surface area contributed by atoms with Gasteiger partial charge < -0.3 is 14.5 Å². The van der Waals surface area contributed by atoms with Gasteiger partial charge in [-0.25, -0.2) is 8.42 Å². The third-order valence-corrected chi connectivity index (χ3v) is 7.17. The van der Waals surface area contributed by atoms with E-state index in [-0.39, 0.29) is 16.8 Å². The highest BCUT2D eigenvalue weighted by Crippen LogP contribution is 2.28. The lowest BCUT2D eigenvalue weighted by Gasteiger charge is -2.40. The van der Waals surface area contributed by atoms with Crippen molar-refractivity contribution in [1.29, 1.82) is 0 Å². The molecule has 0 spiro atoms. The summed E-state index contributed by atoms with van der Waals surface area (Å²) < 4.78 is 33.5. The molecule has 1 amide bonds. The number of hydrogen-bond donors (Lipinski definition) is 1. The predicted octanol–water partition coefficient (Wildman–Crippen LogP) is 3.62. The molecule has 0 saturated carbocycles. The standard InChI is InChI=1S/C25H27N3O4S/c1-27-16-17-28(23(18-27)19-8-4-3-5-9-19)25(29)20-12-14-21(15-13-20)33(30,31)26-22-10-6-7-11-24(22)32-2/h3-15,23,26H,16-18H2,1-2H3. The zero-order chi connectivity index (χ0) is 23.4. The Morgan fingerprint density at radius 3 is 2.30 bits per heavy atom. The van der Waals surface area contributed by atoms with Crippen LogP contribution < -0.4 is 9.46 Å². The highest BCUT2D eigenvalue weighted by atomic mass is 32.2. The van der Waals surface area contributed by atoms with E-state index in [1.54, 1.807) is 36.4 Å². The summed E-state index contributed by atoms with van der Waals surface area (Å²) in [5, 5.41) is 0. The lowest BCUT2D eigenvalue weighted by atomic mass is 10.0. The second kappa shape index (κ2) is 9.64. The Morgan fingerprint density at radius 2 is 1.61 bits per heavy atom. The first kappa shape index (κ1) is 22.8. The zero-order valence-corrected chi connectivity index (χ0v) is 19.5. The predicted molar refractivity (Wildman–Crippen MR) is 128 cm³/mol. The van der Waals surface area contributed by atoms with E-state index in [0.717, 1.165) is 18.7 Å². The van der Waals surface area contributed by atoms with Gasteiger partial charge in [0.25, 0.3) is 15.9 Å². The number of ether oxygens (including phenoxy) is 1. The van der Waals surface area contributed by atoms with Crippen molar-refractivity contribution in [1.82, 2.24) is 9.80 Å². The molecule has 1 fully saturated rings. The molecule has 1 N–H and O–H groups in total. The van der Waals surface area contributed by atoms with Gasteiger partial charge in [0.05, 0.1) is 23.7 Å². The lowest BCUT2D eigenvalue weighted by molar-refractivity contribution is 0.0498. The molecule has 3 aromatic rings. The molecular weight excluding hydrogens is 438 g/mol. The third kappa shape index (κ3) is 5.02. The van der Waals surface area contributed by atoms with E-state index < -0.39 is 10.0 Å². The minimum absolute atomic E-state index is 0.0620. The van der Waals surface area contributed by atoms with Gasteiger partial charge in [0.2, 0.25) is 0 Å². The molecule has 172 valence electrons. The second-order valence-corrected chi connectivity index (χ2v) is 9.70. The third-order valence-electron chi connectivity index (χ3n) is 5.79. The number of para-hydroxylation sites is 2. The van der Waals surface area contributed by atoms with Crippen LogP contribution in [0.5, 0.6) is 5.75 Å². The maximum absolute atomic E-state index is 13.4. The number of amides is 1. The smallest absolute Gasteiger partial charge is 0.262 e. The molecule has 33 heavy (non-hydrogen) atoms. The minimum Gasteiger partial charge on any atom is -0.495 e. The van der Waals surface area contributed by atoms with E-state index >= 15 is 0 Å². The Bertz CT molecular complexity index is 1210. The number of carbonyl (C=O) groups excluding carboxylic acids is 1. The van der Waals surface area contributed by atoms with Crippen molar-refractivity contribution in [3.05, 3.63) is 90.0 Å². The molecule has 3 aromatic carbocycles. The average Bonchev–Trinajstić information content (AvgIpc) is 2.84. The van der Waals surface area contributed by atoms with Crippen LogP contribution in [0.2, 0.25) is 0 Å². The number of methoxy groups -OCH3 is 1. The molecule has 0 aliphatic carbocycles. The van der Waals surface area contributed by atoms with E-state index in [1.165, 1.54) is 19.2 Å². The van der Waals surface area contributed by atoms with Gasteiger partial charge in [0, 0.05) is 25.2 Å². The minimum atomic E-state index is -3.84. The number of likely N-dealkylation sites (N-methyl/N-ethyl adjacent to an activating group) is 1. The molecule has 7 nitrogen and oxygen atoms in total. The molecule has 1 atom stereocenters. The van der Waals surface area contributed by atoms with Crippen molar-refractivity contribution in [3.8, 4) is 5.75 Å². The Morgan fingerprint density at radius 1 is 0.939 bits per heavy atom. The number of hydrogen-bond acceptors (Lipinski definition) is 5. The van der Waals surface area contributed by atoms with Crippen LogP contribution in [-0.2, 0) is 10.0 Å². The van der Waals surface area contributed by atoms with Crippen molar-refractivity contribution >= 4 is 21.6 Å². The van der Waals surface area contributed by atoms with Crippen molar-refractivity contribution in [2.75, 3.05) is 38.5 Å². The maximum atomic E-state index is 13.4. The van der Waals surface area contributed by atoms with Gasteiger partial charge in [-0.1, -0.05) is 42.5 Å². The van der Waals surface area contributed by atoms with E-state index in [9.17, 15) is 13.2 Å². The van der Waals surface area contributed by atoms with Gasteiger partial charge in [-0.2, -0.15) is 0 Å². The largest absolute Gasteiger partial charge is 0.495 e. The van der Waals surface area contributed by atoms with E-state index in [0.29, 0.717) is 23.5 Å². The molecule has 0 aromatic heterocycles. The molecule has 8 heteroatoms. The van der Waals surface area contributed by atoms with Crippen molar-refractivity contribution in [3.63, 3.8) is 0 Å². The molecule has 1 heterocycles. The summed E-state index contributed by atoms with van der Waals surface area (Å²) in [5.74, 6) is 0.313. The zero-order valence-electron chi connectivity index (χ0n) is 18.6. The number of carbonyl (C=O) groups is 1. The Kier molecular flexibility index (Phi) is 6.67. The molecule has 0 radical (unpaired) electrons. The second-order valence-electron chi connectivity index (χ2n) is 8.02. The first-order valence-electron chi connectivity index (χ1n) is 10.7. The van der Waals surface area contributed by atoms with Crippen LogP contribution in [0, 0.1) is 0 Å². The summed E-state index contributed by atoms with van der Waals surface area (Å²) in [7, 11) is -0.307. The molecule has 1 aliphatic rings. The number of rotatable bonds is 6. The van der Waals surface area contributed by atoms with Crippen LogP contribution in [0.1, 0.15) is 22.0 Å². The monoisotopic (exact) mass is 465 g/mol. The van der Waals surface area contributed by atoms with Gasteiger partial charge in [-0.05, 0) is 49.0 Å². The maximum Gasteiger partial charge on any atom is 0.262 e. The Hall–Kier alpha value is -3.36. The van der Waals surface area contributed by atoms with E-state index in [2.05, 4.69) is 9.62 Å². The molecular formula is C25H27N3O4S. The summed E-state index contributed by atoms with van der Waals surface area (Å²) in [6.07, 6.45) is 0. The van der Waals surface area contributed by atoms with Crippen LogP contribution in [0.25, 0.3) is 0 Å². The summed E-state index contributed by atoms with van der Waals surface area (Å²) in [5.41, 5.74) is 1.89. The molecule has 0 bridgehead atoms. The number of benzene rings is 3. The lowest BCUT2D eigenvalue weighted by Crippen LogP contribution is -2.49. The summed E-state index contributed by atoms with van der Waals surface area (Å²) in [6, 6.07) is 22.8. The van der Waals surface area contributed by atoms with Gasteiger partial charge in [-0.3, -0.25) is 9.52 Å². The molecule has 1 saturated heterocycles. The highest BCUT2D eigenvalue weighted by Gasteiger charge is 2.31. The summed E-state index contributed by atoms with van der Waals surface area (Å²) in [4.78, 5) is 17.5. The van der Waals surface area contributed by atoms with Crippen molar-refractivity contribution in [2.24, 2.45) is 0 Å². The Balaban J connectivity index is 1.55. The number of piperazine rings is 1. The Labute approximate surface area is 194 Å². The van der Waals surface area contributed by atoms with E-state index in [1.807, 2.05) is 42.3 Å². The number of nitrogens with zero attached hydrogens (tertiary/aromatic N) is 2. The molecule has 1 aliphatic heterocycles. The first-order valence-corrected chi connectivity index (χ1v) is 12.2. The number of anilines is 1. The summed E-state index contributed by atoms with van der Waals surface area (Å²) in [6.45, 7) is 2.12. The fraction of sp³-hybridized carbons (Fsp3) is 0.240. The van der Waals surface area contributed by atoms with E-state index in [4.69, 9.17) is 4.74 Å².